The first-order valence-corrected chi connectivity index (χ1v) is 8.17. The number of benzene rings is 2. The monoisotopic (exact) mass is 321 g/mol. The smallest absolute Gasteiger partial charge is 0.272 e. The van der Waals surface area contributed by atoms with Crippen LogP contribution in [0.25, 0.3) is 10.8 Å². The van der Waals surface area contributed by atoms with Gasteiger partial charge in [0.15, 0.2) is 0 Å². The molecule has 2 aromatic carbocycles. The zero-order valence-corrected chi connectivity index (χ0v) is 13.3. The molecule has 1 saturated heterocycles. The van der Waals surface area contributed by atoms with Gasteiger partial charge in [-0.3, -0.25) is 4.79 Å². The second-order valence-electron chi connectivity index (χ2n) is 6.05. The van der Waals surface area contributed by atoms with E-state index in [1.807, 2.05) is 11.0 Å². The van der Waals surface area contributed by atoms with Gasteiger partial charge in [-0.15, -0.1) is 0 Å². The number of ether oxygens (including phenoxy) is 1. The van der Waals surface area contributed by atoms with Crippen LogP contribution in [-0.4, -0.2) is 46.6 Å². The molecule has 1 aliphatic rings. The lowest BCUT2D eigenvalue weighted by molar-refractivity contribution is -0.0208. The minimum absolute atomic E-state index is 0.0106. The van der Waals surface area contributed by atoms with Crippen molar-refractivity contribution in [1.82, 2.24) is 14.9 Å². The van der Waals surface area contributed by atoms with Crippen molar-refractivity contribution in [2.24, 2.45) is 0 Å². The van der Waals surface area contributed by atoms with Crippen LogP contribution in [0.5, 0.6) is 0 Å². The number of imidazole rings is 1. The van der Waals surface area contributed by atoms with Crippen molar-refractivity contribution in [1.29, 1.82) is 0 Å². The molecule has 5 nitrogen and oxygen atoms in total. The normalized spacial score (nSPS) is 18.0. The van der Waals surface area contributed by atoms with E-state index in [1.165, 1.54) is 22.7 Å². The Kier molecular flexibility index (Phi) is 4.01. The highest BCUT2D eigenvalue weighted by Crippen LogP contribution is 2.22. The van der Waals surface area contributed by atoms with Crippen LogP contribution in [0, 0.1) is 0 Å². The second kappa shape index (κ2) is 6.45. The van der Waals surface area contributed by atoms with Crippen LogP contribution >= 0.6 is 0 Å². The van der Waals surface area contributed by atoms with Crippen LogP contribution in [-0.2, 0) is 11.2 Å². The average molecular weight is 321 g/mol. The maximum Gasteiger partial charge on any atom is 0.272 e. The van der Waals surface area contributed by atoms with E-state index in [1.54, 1.807) is 6.20 Å². The van der Waals surface area contributed by atoms with Crippen molar-refractivity contribution < 1.29 is 9.53 Å². The second-order valence-corrected chi connectivity index (χ2v) is 6.05. The average Bonchev–Trinajstić information content (AvgIpc) is 3.16. The van der Waals surface area contributed by atoms with Gasteiger partial charge in [0.1, 0.15) is 5.69 Å². The van der Waals surface area contributed by atoms with Crippen molar-refractivity contribution >= 4 is 16.7 Å². The molecule has 122 valence electrons. The van der Waals surface area contributed by atoms with E-state index in [0.717, 1.165) is 6.42 Å². The standard InChI is InChI=1S/C19H19N3O2/c23-19(18-11-20-13-21-18)22-8-9-24-16(12-22)10-15-6-3-5-14-4-1-2-7-17(14)15/h1-7,11,13,16H,8-10,12H2,(H,20,21). The Morgan fingerprint density at radius 1 is 1.25 bits per heavy atom. The molecule has 3 aromatic rings. The predicted molar refractivity (Wildman–Crippen MR) is 91.9 cm³/mol. The number of amides is 1. The fraction of sp³-hybridized carbons (Fsp3) is 0.263. The van der Waals surface area contributed by atoms with Crippen molar-refractivity contribution in [3.8, 4) is 0 Å². The third kappa shape index (κ3) is 2.90. The molecule has 0 spiro atoms. The van der Waals surface area contributed by atoms with Crippen molar-refractivity contribution in [3.05, 3.63) is 66.2 Å². The maximum absolute atomic E-state index is 12.5. The molecule has 1 atom stereocenters. The lowest BCUT2D eigenvalue weighted by Gasteiger charge is -2.33. The molecule has 0 bridgehead atoms. The van der Waals surface area contributed by atoms with Crippen LogP contribution in [0.15, 0.2) is 55.0 Å². The lowest BCUT2D eigenvalue weighted by Crippen LogP contribution is -2.46. The summed E-state index contributed by atoms with van der Waals surface area (Å²) in [6, 6.07) is 14.7. The molecule has 0 radical (unpaired) electrons. The van der Waals surface area contributed by atoms with Gasteiger partial charge >= 0.3 is 0 Å². The molecule has 0 aliphatic carbocycles. The fourth-order valence-corrected chi connectivity index (χ4v) is 3.29. The first-order chi connectivity index (χ1) is 11.8. The number of hydrogen-bond acceptors (Lipinski definition) is 3. The minimum atomic E-state index is -0.0151. The van der Waals surface area contributed by atoms with Crippen LogP contribution in [0.3, 0.4) is 0 Å². The summed E-state index contributed by atoms with van der Waals surface area (Å²) in [5.41, 5.74) is 1.79. The number of rotatable bonds is 3. The Hall–Kier alpha value is -2.66. The van der Waals surface area contributed by atoms with Gasteiger partial charge in [0.25, 0.3) is 5.91 Å². The number of carbonyl (C=O) groups is 1. The number of fused-ring (bicyclic) bond motifs is 1. The fourth-order valence-electron chi connectivity index (χ4n) is 3.29. The van der Waals surface area contributed by atoms with E-state index in [2.05, 4.69) is 46.4 Å². The van der Waals surface area contributed by atoms with Gasteiger partial charge in [-0.25, -0.2) is 4.98 Å². The SMILES string of the molecule is O=C(c1cnc[nH]1)N1CCOC(Cc2cccc3ccccc23)C1. The first kappa shape index (κ1) is 14.9. The van der Waals surface area contributed by atoms with Gasteiger partial charge < -0.3 is 14.6 Å². The zero-order chi connectivity index (χ0) is 16.4. The Labute approximate surface area is 140 Å². The van der Waals surface area contributed by atoms with Crippen molar-refractivity contribution in [3.63, 3.8) is 0 Å². The molecule has 5 heteroatoms. The van der Waals surface area contributed by atoms with Gasteiger partial charge in [-0.2, -0.15) is 0 Å². The van der Waals surface area contributed by atoms with E-state index in [9.17, 15) is 4.79 Å². The maximum atomic E-state index is 12.5. The van der Waals surface area contributed by atoms with Gasteiger partial charge in [0.05, 0.1) is 25.2 Å². The molecule has 24 heavy (non-hydrogen) atoms. The quantitative estimate of drug-likeness (QED) is 0.807. The predicted octanol–water partition coefficient (Wildman–Crippen LogP) is 2.65. The number of morpholine rings is 1. The molecule has 1 aromatic heterocycles. The summed E-state index contributed by atoms with van der Waals surface area (Å²) in [6.07, 6.45) is 3.91. The molecular formula is C19H19N3O2. The van der Waals surface area contributed by atoms with Crippen molar-refractivity contribution in [2.75, 3.05) is 19.7 Å². The number of H-pyrrole nitrogens is 1. The highest BCUT2D eigenvalue weighted by molar-refractivity contribution is 5.92. The van der Waals surface area contributed by atoms with E-state index in [0.29, 0.717) is 25.4 Å². The van der Waals surface area contributed by atoms with Gasteiger partial charge in [0.2, 0.25) is 0 Å². The van der Waals surface area contributed by atoms with E-state index < -0.39 is 0 Å². The summed E-state index contributed by atoms with van der Waals surface area (Å²) in [5.74, 6) is -0.0151. The van der Waals surface area contributed by atoms with Gasteiger partial charge in [-0.1, -0.05) is 42.5 Å². The topological polar surface area (TPSA) is 58.2 Å². The number of nitrogens with zero attached hydrogens (tertiary/aromatic N) is 2. The number of aromatic amines is 1. The van der Waals surface area contributed by atoms with E-state index in [4.69, 9.17) is 4.74 Å². The van der Waals surface area contributed by atoms with Gasteiger partial charge in [0, 0.05) is 19.5 Å². The Morgan fingerprint density at radius 3 is 3.00 bits per heavy atom. The largest absolute Gasteiger partial charge is 0.374 e. The van der Waals surface area contributed by atoms with Crippen LogP contribution in [0.1, 0.15) is 16.1 Å². The van der Waals surface area contributed by atoms with E-state index in [-0.39, 0.29) is 12.0 Å². The first-order valence-electron chi connectivity index (χ1n) is 8.17. The number of carbonyl (C=O) groups excluding carboxylic acids is 1. The lowest BCUT2D eigenvalue weighted by atomic mass is 9.99. The van der Waals surface area contributed by atoms with Gasteiger partial charge in [-0.05, 0) is 16.3 Å². The molecule has 1 amide bonds. The van der Waals surface area contributed by atoms with Crippen molar-refractivity contribution in [2.45, 2.75) is 12.5 Å². The summed E-state index contributed by atoms with van der Waals surface area (Å²) in [6.45, 7) is 1.78. The van der Waals surface area contributed by atoms with Crippen LogP contribution in [0.4, 0.5) is 0 Å². The molecule has 4 rings (SSSR count). The molecule has 1 fully saturated rings. The third-order valence-corrected chi connectivity index (χ3v) is 4.48. The molecular weight excluding hydrogens is 302 g/mol. The van der Waals surface area contributed by atoms with Crippen LogP contribution in [0.2, 0.25) is 0 Å². The molecule has 1 aliphatic heterocycles. The Bertz CT molecular complexity index is 839. The number of hydrogen-bond donors (Lipinski definition) is 1. The summed E-state index contributed by atoms with van der Waals surface area (Å²) in [5, 5.41) is 2.48. The summed E-state index contributed by atoms with van der Waals surface area (Å²) in [7, 11) is 0. The zero-order valence-electron chi connectivity index (χ0n) is 13.3. The third-order valence-electron chi connectivity index (χ3n) is 4.48. The Morgan fingerprint density at radius 2 is 2.12 bits per heavy atom. The molecule has 1 unspecified atom stereocenters. The number of nitrogens with one attached hydrogen (secondary N) is 1. The summed E-state index contributed by atoms with van der Waals surface area (Å²) in [4.78, 5) is 21.1. The highest BCUT2D eigenvalue weighted by Gasteiger charge is 2.26. The Balaban J connectivity index is 1.51. The highest BCUT2D eigenvalue weighted by atomic mass is 16.5. The molecule has 0 saturated carbocycles. The summed E-state index contributed by atoms with van der Waals surface area (Å²) < 4.78 is 5.91. The molecule has 1 N–H and O–H groups in total. The summed E-state index contributed by atoms with van der Waals surface area (Å²) >= 11 is 0. The minimum Gasteiger partial charge on any atom is -0.374 e. The van der Waals surface area contributed by atoms with Crippen LogP contribution < -0.4 is 0 Å². The number of aromatic nitrogens is 2. The molecule has 2 heterocycles. The van der Waals surface area contributed by atoms with E-state index >= 15 is 0 Å².